The highest BCUT2D eigenvalue weighted by molar-refractivity contribution is 6.21. The fourth-order valence-electron chi connectivity index (χ4n) is 1.62. The second kappa shape index (κ2) is 5.69. The lowest BCUT2D eigenvalue weighted by Gasteiger charge is -2.32. The highest BCUT2D eigenvalue weighted by Crippen LogP contribution is 2.25. The summed E-state index contributed by atoms with van der Waals surface area (Å²) in [7, 11) is 0. The molecule has 0 spiro atoms. The molecule has 1 aromatic carbocycles. The Morgan fingerprint density at radius 1 is 1.33 bits per heavy atom. The van der Waals surface area contributed by atoms with Crippen LogP contribution in [0.4, 0.5) is 4.39 Å². The minimum absolute atomic E-state index is 0. The van der Waals surface area contributed by atoms with Gasteiger partial charge in [0.15, 0.2) is 0 Å². The molecule has 0 bridgehead atoms. The monoisotopic (exact) mass is 249 g/mol. The second-order valence-corrected chi connectivity index (χ2v) is 4.17. The average molecular weight is 250 g/mol. The van der Waals surface area contributed by atoms with Crippen LogP contribution in [0.1, 0.15) is 17.4 Å². The number of alkyl halides is 1. The van der Waals surface area contributed by atoms with Crippen molar-refractivity contribution in [3.8, 4) is 0 Å². The van der Waals surface area contributed by atoms with E-state index in [1.54, 1.807) is 12.1 Å². The van der Waals surface area contributed by atoms with Crippen LogP contribution in [-0.4, -0.2) is 24.5 Å². The van der Waals surface area contributed by atoms with Crippen molar-refractivity contribution in [1.82, 2.24) is 4.90 Å². The van der Waals surface area contributed by atoms with E-state index in [4.69, 9.17) is 11.6 Å². The number of halogens is 3. The standard InChI is InChI=1S/C11H13ClFN.ClH/c12-10(8-14-6-3-7-14)9-4-1-2-5-11(9)13;/h1-2,4-5,10H,3,6-8H2;1H. The van der Waals surface area contributed by atoms with Crippen LogP contribution in [0.2, 0.25) is 0 Å². The zero-order valence-corrected chi connectivity index (χ0v) is 9.90. The van der Waals surface area contributed by atoms with Gasteiger partial charge in [-0.1, -0.05) is 18.2 Å². The lowest BCUT2D eigenvalue weighted by atomic mass is 10.1. The third-order valence-electron chi connectivity index (χ3n) is 2.61. The van der Waals surface area contributed by atoms with Crippen molar-refractivity contribution in [2.24, 2.45) is 0 Å². The Labute approximate surface area is 101 Å². The fraction of sp³-hybridized carbons (Fsp3) is 0.455. The van der Waals surface area contributed by atoms with Gasteiger partial charge in [-0.2, -0.15) is 0 Å². The van der Waals surface area contributed by atoms with E-state index in [0.29, 0.717) is 5.56 Å². The first-order chi connectivity index (χ1) is 6.77. The van der Waals surface area contributed by atoms with Gasteiger partial charge >= 0.3 is 0 Å². The van der Waals surface area contributed by atoms with Crippen LogP contribution < -0.4 is 0 Å². The molecule has 0 radical (unpaired) electrons. The Balaban J connectivity index is 0.00000112. The molecule has 15 heavy (non-hydrogen) atoms. The molecule has 0 amide bonds. The first kappa shape index (κ1) is 12.8. The number of likely N-dealkylation sites (tertiary alicyclic amines) is 1. The van der Waals surface area contributed by atoms with E-state index in [1.807, 2.05) is 6.07 Å². The van der Waals surface area contributed by atoms with E-state index in [9.17, 15) is 4.39 Å². The molecule has 1 heterocycles. The van der Waals surface area contributed by atoms with Crippen LogP contribution in [0.3, 0.4) is 0 Å². The first-order valence-corrected chi connectivity index (χ1v) is 5.32. The lowest BCUT2D eigenvalue weighted by molar-refractivity contribution is 0.181. The topological polar surface area (TPSA) is 3.24 Å². The molecular formula is C11H14Cl2FN. The van der Waals surface area contributed by atoms with Crippen LogP contribution >= 0.6 is 24.0 Å². The van der Waals surface area contributed by atoms with Crippen LogP contribution in [0.25, 0.3) is 0 Å². The van der Waals surface area contributed by atoms with Gasteiger partial charge in [0.1, 0.15) is 5.82 Å². The molecule has 1 aliphatic rings. The summed E-state index contributed by atoms with van der Waals surface area (Å²) in [5.74, 6) is -0.201. The van der Waals surface area contributed by atoms with Crippen molar-refractivity contribution in [2.75, 3.05) is 19.6 Å². The van der Waals surface area contributed by atoms with Crippen molar-refractivity contribution in [2.45, 2.75) is 11.8 Å². The van der Waals surface area contributed by atoms with E-state index >= 15 is 0 Å². The normalized spacial score (nSPS) is 17.7. The summed E-state index contributed by atoms with van der Waals surface area (Å²) in [5, 5.41) is -0.225. The van der Waals surface area contributed by atoms with Crippen LogP contribution in [0.15, 0.2) is 24.3 Å². The summed E-state index contributed by atoms with van der Waals surface area (Å²) < 4.78 is 13.3. The van der Waals surface area contributed by atoms with Gasteiger partial charge in [0, 0.05) is 12.1 Å². The van der Waals surface area contributed by atoms with Crippen LogP contribution in [0, 0.1) is 5.82 Å². The van der Waals surface area contributed by atoms with Crippen molar-refractivity contribution < 1.29 is 4.39 Å². The van der Waals surface area contributed by atoms with Crippen LogP contribution in [0.5, 0.6) is 0 Å². The summed E-state index contributed by atoms with van der Waals surface area (Å²) in [6.07, 6.45) is 1.24. The molecular weight excluding hydrogens is 236 g/mol. The molecule has 0 aromatic heterocycles. The summed E-state index contributed by atoms with van der Waals surface area (Å²) in [6.45, 7) is 2.94. The number of benzene rings is 1. The van der Waals surface area contributed by atoms with Gasteiger partial charge < -0.3 is 4.90 Å². The van der Waals surface area contributed by atoms with Gasteiger partial charge in [-0.05, 0) is 25.6 Å². The second-order valence-electron chi connectivity index (χ2n) is 3.64. The maximum atomic E-state index is 13.3. The number of hydrogen-bond acceptors (Lipinski definition) is 1. The molecule has 1 atom stereocenters. The molecule has 1 aromatic rings. The molecule has 4 heteroatoms. The predicted octanol–water partition coefficient (Wildman–Crippen LogP) is 3.23. The van der Waals surface area contributed by atoms with Gasteiger partial charge in [-0.15, -0.1) is 24.0 Å². The van der Waals surface area contributed by atoms with Gasteiger partial charge in [-0.3, -0.25) is 0 Å². The molecule has 84 valence electrons. The van der Waals surface area contributed by atoms with E-state index in [-0.39, 0.29) is 23.6 Å². The Bertz CT molecular complexity index is 315. The Morgan fingerprint density at radius 3 is 2.53 bits per heavy atom. The zero-order valence-electron chi connectivity index (χ0n) is 8.33. The molecule has 0 saturated carbocycles. The third-order valence-corrected chi connectivity index (χ3v) is 2.98. The van der Waals surface area contributed by atoms with Crippen molar-refractivity contribution in [3.05, 3.63) is 35.6 Å². The largest absolute Gasteiger partial charge is 0.301 e. The maximum Gasteiger partial charge on any atom is 0.127 e. The van der Waals surface area contributed by atoms with E-state index < -0.39 is 0 Å². The molecule has 1 unspecified atom stereocenters. The van der Waals surface area contributed by atoms with E-state index in [2.05, 4.69) is 4.90 Å². The van der Waals surface area contributed by atoms with E-state index in [1.165, 1.54) is 12.5 Å². The van der Waals surface area contributed by atoms with E-state index in [0.717, 1.165) is 19.6 Å². The third kappa shape index (κ3) is 3.07. The van der Waals surface area contributed by atoms with Gasteiger partial charge in [0.05, 0.1) is 5.38 Å². The molecule has 1 saturated heterocycles. The Morgan fingerprint density at radius 2 is 2.00 bits per heavy atom. The van der Waals surface area contributed by atoms with Gasteiger partial charge in [0.2, 0.25) is 0 Å². The lowest BCUT2D eigenvalue weighted by Crippen LogP contribution is -2.39. The quantitative estimate of drug-likeness (QED) is 0.744. The minimum Gasteiger partial charge on any atom is -0.301 e. The zero-order chi connectivity index (χ0) is 9.97. The number of hydrogen-bond donors (Lipinski definition) is 0. The maximum absolute atomic E-state index is 13.3. The average Bonchev–Trinajstić information content (AvgIpc) is 2.12. The Hall–Kier alpha value is -0.310. The van der Waals surface area contributed by atoms with Gasteiger partial charge in [0.25, 0.3) is 0 Å². The first-order valence-electron chi connectivity index (χ1n) is 4.88. The molecule has 1 aliphatic heterocycles. The number of nitrogens with zero attached hydrogens (tertiary/aromatic N) is 1. The highest BCUT2D eigenvalue weighted by Gasteiger charge is 2.20. The van der Waals surface area contributed by atoms with Crippen molar-refractivity contribution in [3.63, 3.8) is 0 Å². The minimum atomic E-state index is -0.225. The summed E-state index contributed by atoms with van der Waals surface area (Å²) in [4.78, 5) is 2.24. The molecule has 1 nitrogen and oxygen atoms in total. The molecule has 2 rings (SSSR count). The van der Waals surface area contributed by atoms with Crippen LogP contribution in [-0.2, 0) is 0 Å². The smallest absolute Gasteiger partial charge is 0.127 e. The molecule has 1 fully saturated rings. The predicted molar refractivity (Wildman–Crippen MR) is 63.3 cm³/mol. The fourth-order valence-corrected chi connectivity index (χ4v) is 1.99. The van der Waals surface area contributed by atoms with Crippen molar-refractivity contribution >= 4 is 24.0 Å². The summed E-state index contributed by atoms with van der Waals surface area (Å²) in [5.41, 5.74) is 0.612. The highest BCUT2D eigenvalue weighted by atomic mass is 35.5. The molecule has 0 aliphatic carbocycles. The van der Waals surface area contributed by atoms with Gasteiger partial charge in [-0.25, -0.2) is 4.39 Å². The summed E-state index contributed by atoms with van der Waals surface area (Å²) in [6, 6.07) is 6.73. The summed E-state index contributed by atoms with van der Waals surface area (Å²) >= 11 is 6.14. The SMILES string of the molecule is Cl.Fc1ccccc1C(Cl)CN1CCC1. The number of rotatable bonds is 3. The Kier molecular flexibility index (Phi) is 4.84. The van der Waals surface area contributed by atoms with Crippen molar-refractivity contribution in [1.29, 1.82) is 0 Å². The molecule has 0 N–H and O–H groups in total.